The summed E-state index contributed by atoms with van der Waals surface area (Å²) in [6.45, 7) is 4.49. The minimum Gasteiger partial charge on any atom is -0.0622 e. The Labute approximate surface area is 528 Å². The molecule has 15 aromatic carbocycles. The molecule has 0 spiro atoms. The van der Waals surface area contributed by atoms with Crippen LogP contribution in [0, 0.1) is 0 Å². The molecule has 15 rings (SSSR count). The zero-order valence-corrected chi connectivity index (χ0v) is 50.5. The fraction of sp³-hybridized carbons (Fsp3) is 0.0222. The number of rotatable bonds is 13. The van der Waals surface area contributed by atoms with Gasteiger partial charge in [-0.3, -0.25) is 0 Å². The van der Waals surface area contributed by atoms with Crippen molar-refractivity contribution in [3.05, 3.63) is 363 Å². The van der Waals surface area contributed by atoms with Crippen LogP contribution in [0.2, 0.25) is 0 Å². The van der Waals surface area contributed by atoms with Crippen LogP contribution < -0.4 is 0 Å². The molecule has 0 saturated carbocycles. The summed E-state index contributed by atoms with van der Waals surface area (Å²) in [5, 5.41) is 7.20. The van der Waals surface area contributed by atoms with E-state index in [2.05, 4.69) is 366 Å². The normalized spacial score (nSPS) is 11.8. The van der Waals surface area contributed by atoms with Crippen LogP contribution in [0.1, 0.15) is 25.0 Å². The van der Waals surface area contributed by atoms with E-state index < -0.39 is 0 Å². The molecule has 0 aliphatic heterocycles. The van der Waals surface area contributed by atoms with Crippen molar-refractivity contribution in [1.82, 2.24) is 0 Å². The monoisotopic (exact) mass is 1140 g/mol. The Kier molecular flexibility index (Phi) is 14.9. The molecule has 15 aromatic rings. The second-order valence-electron chi connectivity index (χ2n) is 23.6. The average molecular weight is 1150 g/mol. The van der Waals surface area contributed by atoms with Crippen LogP contribution >= 0.6 is 0 Å². The van der Waals surface area contributed by atoms with Crippen LogP contribution in [0.15, 0.2) is 352 Å². The van der Waals surface area contributed by atoms with Crippen LogP contribution in [0.4, 0.5) is 0 Å². The molecule has 0 heterocycles. The summed E-state index contributed by atoms with van der Waals surface area (Å²) >= 11 is 0. The third-order valence-corrected chi connectivity index (χ3v) is 18.1. The molecule has 0 radical (unpaired) electrons. The number of benzene rings is 15. The number of allylic oxidation sites excluding steroid dienone is 4. The molecule has 0 fully saturated rings. The Hall–Kier alpha value is -11.4. The summed E-state index contributed by atoms with van der Waals surface area (Å²) in [7, 11) is 0. The highest BCUT2D eigenvalue weighted by Crippen LogP contribution is 2.48. The lowest BCUT2D eigenvalue weighted by molar-refractivity contribution is 1.54. The second kappa shape index (κ2) is 24.4. The van der Waals surface area contributed by atoms with Gasteiger partial charge in [-0.25, -0.2) is 0 Å². The van der Waals surface area contributed by atoms with Crippen LogP contribution in [-0.4, -0.2) is 0 Å². The van der Waals surface area contributed by atoms with Crippen LogP contribution in [-0.2, 0) is 0 Å². The number of hydrogen-bond donors (Lipinski definition) is 0. The van der Waals surface area contributed by atoms with Gasteiger partial charge in [0.05, 0.1) is 0 Å². The molecule has 0 aromatic heterocycles. The van der Waals surface area contributed by atoms with E-state index in [1.54, 1.807) is 0 Å². The van der Waals surface area contributed by atoms with Crippen molar-refractivity contribution >= 4 is 43.5 Å². The minimum absolute atomic E-state index is 1.16. The van der Waals surface area contributed by atoms with Gasteiger partial charge in [0, 0.05) is 0 Å². The van der Waals surface area contributed by atoms with E-state index >= 15 is 0 Å². The van der Waals surface area contributed by atoms with Crippen molar-refractivity contribution in [2.24, 2.45) is 0 Å². The van der Waals surface area contributed by atoms with Crippen molar-refractivity contribution in [3.8, 4) is 111 Å². The Balaban J connectivity index is 1.04. The highest BCUT2D eigenvalue weighted by atomic mass is 14.3. The van der Waals surface area contributed by atoms with E-state index in [0.717, 1.165) is 27.8 Å². The maximum absolute atomic E-state index is 2.51. The van der Waals surface area contributed by atoms with Crippen molar-refractivity contribution < 1.29 is 0 Å². The highest BCUT2D eigenvalue weighted by Gasteiger charge is 2.22. The van der Waals surface area contributed by atoms with Gasteiger partial charge in [-0.15, -0.1) is 0 Å². The molecule has 0 heteroatoms. The number of fused-ring (bicyclic) bond motifs is 6. The highest BCUT2D eigenvalue weighted by molar-refractivity contribution is 6.29. The fourth-order valence-electron chi connectivity index (χ4n) is 13.2. The van der Waals surface area contributed by atoms with Gasteiger partial charge in [0.25, 0.3) is 0 Å². The summed E-state index contributed by atoms with van der Waals surface area (Å²) in [6, 6.07) is 125. The first-order valence-corrected chi connectivity index (χ1v) is 31.2. The summed E-state index contributed by atoms with van der Waals surface area (Å²) < 4.78 is 0. The Morgan fingerprint density at radius 3 is 0.633 bits per heavy atom. The zero-order chi connectivity index (χ0) is 60.3. The quantitative estimate of drug-likeness (QED) is 0.0797. The van der Waals surface area contributed by atoms with Crippen LogP contribution in [0.3, 0.4) is 0 Å². The largest absolute Gasteiger partial charge is 0.0622 e. The predicted molar refractivity (Wildman–Crippen MR) is 387 cm³/mol. The van der Waals surface area contributed by atoms with Gasteiger partial charge in [0.15, 0.2) is 0 Å². The van der Waals surface area contributed by atoms with Crippen LogP contribution in [0.5, 0.6) is 0 Å². The maximum atomic E-state index is 2.51. The van der Waals surface area contributed by atoms with E-state index in [9.17, 15) is 0 Å². The fourth-order valence-corrected chi connectivity index (χ4v) is 13.2. The molecule has 0 aliphatic carbocycles. The molecule has 0 aliphatic rings. The van der Waals surface area contributed by atoms with E-state index in [1.165, 1.54) is 138 Å². The predicted octanol–water partition coefficient (Wildman–Crippen LogP) is 25.3. The summed E-state index contributed by atoms with van der Waals surface area (Å²) in [6.07, 6.45) is 4.60. The van der Waals surface area contributed by atoms with E-state index in [4.69, 9.17) is 0 Å². The third kappa shape index (κ3) is 11.0. The zero-order valence-electron chi connectivity index (χ0n) is 50.5. The van der Waals surface area contributed by atoms with Crippen molar-refractivity contribution in [1.29, 1.82) is 0 Å². The average Bonchev–Trinajstić information content (AvgIpc) is 0.724. The molecule has 0 atom stereocenters. The molecule has 0 amide bonds. The first-order chi connectivity index (χ1) is 44.4. The second-order valence-corrected chi connectivity index (χ2v) is 23.6. The SMILES string of the molecule is C/C(=C\C=C(/C)c1cc2c(cc1-c1ccc(-c3ccccc3)cc1)c1cc(-c3ccc(-c4ccccc4)cc3)c(-c3ccc(-c4ccccc4)cc3)cc1c1cc(-c3ccc(-c4ccccc4)cc3)c(-c3ccc(-c4ccccc4)cc3)cc21)c1ccccc1. The van der Waals surface area contributed by atoms with Gasteiger partial charge in [0.2, 0.25) is 0 Å². The molecule has 0 unspecified atom stereocenters. The topological polar surface area (TPSA) is 0 Å². The van der Waals surface area contributed by atoms with E-state index in [1.807, 2.05) is 0 Å². The first-order valence-electron chi connectivity index (χ1n) is 31.2. The summed E-state index contributed by atoms with van der Waals surface area (Å²) in [5.41, 5.74) is 28.4. The first kappa shape index (κ1) is 55.2. The molecule has 0 N–H and O–H groups in total. The van der Waals surface area contributed by atoms with Crippen LogP contribution in [0.25, 0.3) is 155 Å². The van der Waals surface area contributed by atoms with Crippen molar-refractivity contribution in [3.63, 3.8) is 0 Å². The van der Waals surface area contributed by atoms with Crippen molar-refractivity contribution in [2.45, 2.75) is 13.8 Å². The van der Waals surface area contributed by atoms with E-state index in [-0.39, 0.29) is 0 Å². The molecule has 0 saturated heterocycles. The lowest BCUT2D eigenvalue weighted by atomic mass is 9.82. The minimum atomic E-state index is 1.16. The molecule has 0 bridgehead atoms. The maximum Gasteiger partial charge on any atom is -0.00921 e. The molecule has 0 nitrogen and oxygen atoms in total. The molecular formula is C90H64. The smallest absolute Gasteiger partial charge is 0.00921 e. The molecular weight excluding hydrogens is 1080 g/mol. The molecule has 424 valence electrons. The van der Waals surface area contributed by atoms with E-state index in [0.29, 0.717) is 0 Å². The van der Waals surface area contributed by atoms with Gasteiger partial charge < -0.3 is 0 Å². The third-order valence-electron chi connectivity index (χ3n) is 18.1. The standard InChI is InChI=1S/C90H64/c1-61(63-21-9-3-10-22-63)33-34-62(2)79-55-85-86(56-80(79)74-45-35-69(36-46-74)64-23-11-4-12-24-64)88-58-82(76-49-39-71(40-50-76)66-27-15-6-16-28-66)84(78-53-43-73(44-54-78)68-31-19-8-20-32-68)60-90(88)89-59-83(77-51-41-72(42-52-77)67-29-17-7-18-30-67)81(57-87(85)89)75-47-37-70(38-48-75)65-25-13-5-14-26-65/h3-60H,1-2H3/b61-33+,62-34+. The van der Waals surface area contributed by atoms with Crippen molar-refractivity contribution in [2.75, 3.05) is 0 Å². The molecule has 90 heavy (non-hydrogen) atoms. The van der Waals surface area contributed by atoms with Gasteiger partial charge in [-0.05, 0) is 216 Å². The summed E-state index contributed by atoms with van der Waals surface area (Å²) in [4.78, 5) is 0. The van der Waals surface area contributed by atoms with Gasteiger partial charge >= 0.3 is 0 Å². The van der Waals surface area contributed by atoms with Gasteiger partial charge in [0.1, 0.15) is 0 Å². The Morgan fingerprint density at radius 1 is 0.178 bits per heavy atom. The number of hydrogen-bond acceptors (Lipinski definition) is 0. The van der Waals surface area contributed by atoms with Gasteiger partial charge in [-0.1, -0.05) is 315 Å². The summed E-state index contributed by atoms with van der Waals surface area (Å²) in [5.74, 6) is 0. The lowest BCUT2D eigenvalue weighted by Crippen LogP contribution is -1.95. The van der Waals surface area contributed by atoms with Gasteiger partial charge in [-0.2, -0.15) is 0 Å². The lowest BCUT2D eigenvalue weighted by Gasteiger charge is -2.21. The Morgan fingerprint density at radius 2 is 0.367 bits per heavy atom. The Bertz CT molecular complexity index is 4990.